The van der Waals surface area contributed by atoms with Crippen LogP contribution < -0.4 is 5.73 Å². The summed E-state index contributed by atoms with van der Waals surface area (Å²) in [4.78, 5) is 4.57. The summed E-state index contributed by atoms with van der Waals surface area (Å²) in [6.07, 6.45) is 11.3. The molecule has 1 heterocycles. The summed E-state index contributed by atoms with van der Waals surface area (Å²) in [5.41, 5.74) is 5.94. The third-order valence-corrected chi connectivity index (χ3v) is 4.97. The molecule has 2 fully saturated rings. The Morgan fingerprint density at radius 3 is 2.55 bits per heavy atom. The highest BCUT2D eigenvalue weighted by Crippen LogP contribution is 2.38. The molecule has 4 nitrogen and oxygen atoms in total. The first-order valence-electron chi connectivity index (χ1n) is 7.80. The number of hydrogen-bond donors (Lipinski definition) is 1. The van der Waals surface area contributed by atoms with Crippen LogP contribution in [-0.2, 0) is 5.54 Å². The van der Waals surface area contributed by atoms with E-state index in [4.69, 9.17) is 10.3 Å². The number of halogens is 1. The van der Waals surface area contributed by atoms with Gasteiger partial charge in [-0.05, 0) is 31.6 Å². The number of nitrogens with two attached hydrogens (primary N) is 1. The van der Waals surface area contributed by atoms with Crippen LogP contribution in [0.1, 0.15) is 82.3 Å². The Kier molecular flexibility index (Phi) is 5.08. The molecular formula is C15H26ClN3O. The highest BCUT2D eigenvalue weighted by molar-refractivity contribution is 5.85. The van der Waals surface area contributed by atoms with Gasteiger partial charge in [-0.25, -0.2) is 0 Å². The van der Waals surface area contributed by atoms with Crippen molar-refractivity contribution in [3.05, 3.63) is 11.7 Å². The lowest BCUT2D eigenvalue weighted by Crippen LogP contribution is -2.44. The molecule has 114 valence electrons. The van der Waals surface area contributed by atoms with Gasteiger partial charge < -0.3 is 10.3 Å². The van der Waals surface area contributed by atoms with Gasteiger partial charge in [0.1, 0.15) is 0 Å². The Hall–Kier alpha value is -0.610. The van der Waals surface area contributed by atoms with Gasteiger partial charge in [-0.2, -0.15) is 4.98 Å². The molecule has 1 aromatic heterocycles. The second kappa shape index (κ2) is 6.44. The molecule has 2 aliphatic carbocycles. The van der Waals surface area contributed by atoms with Crippen LogP contribution in [0, 0.1) is 5.92 Å². The van der Waals surface area contributed by atoms with Crippen LogP contribution in [0.15, 0.2) is 4.52 Å². The lowest BCUT2D eigenvalue weighted by Gasteiger charge is -2.34. The second-order valence-corrected chi connectivity index (χ2v) is 6.61. The van der Waals surface area contributed by atoms with Gasteiger partial charge >= 0.3 is 0 Å². The van der Waals surface area contributed by atoms with E-state index in [1.54, 1.807) is 0 Å². The molecule has 0 radical (unpaired) electrons. The molecule has 1 atom stereocenters. The Labute approximate surface area is 127 Å². The van der Waals surface area contributed by atoms with Crippen LogP contribution in [0.5, 0.6) is 0 Å². The maximum atomic E-state index is 6.24. The van der Waals surface area contributed by atoms with Crippen LogP contribution in [0.2, 0.25) is 0 Å². The van der Waals surface area contributed by atoms with Crippen LogP contribution in [0.25, 0.3) is 0 Å². The SMILES string of the molecule is CC(CC1CCCCC1)c1nc(C2(N)CCC2)no1.Cl. The normalized spacial score (nSPS) is 23.7. The van der Waals surface area contributed by atoms with Crippen LogP contribution >= 0.6 is 12.4 Å². The molecule has 0 spiro atoms. The highest BCUT2D eigenvalue weighted by atomic mass is 35.5. The first-order chi connectivity index (χ1) is 9.17. The summed E-state index contributed by atoms with van der Waals surface area (Å²) in [6.45, 7) is 2.20. The van der Waals surface area contributed by atoms with Gasteiger partial charge in [0.2, 0.25) is 5.89 Å². The summed E-state index contributed by atoms with van der Waals surface area (Å²) in [5.74, 6) is 2.73. The van der Waals surface area contributed by atoms with E-state index in [0.29, 0.717) is 5.92 Å². The quantitative estimate of drug-likeness (QED) is 0.915. The van der Waals surface area contributed by atoms with Crippen molar-refractivity contribution < 1.29 is 4.52 Å². The van der Waals surface area contributed by atoms with Gasteiger partial charge in [0.25, 0.3) is 0 Å². The zero-order valence-electron chi connectivity index (χ0n) is 12.3. The molecular weight excluding hydrogens is 274 g/mol. The van der Waals surface area contributed by atoms with Crippen LogP contribution in [-0.4, -0.2) is 10.1 Å². The zero-order chi connectivity index (χ0) is 13.3. The summed E-state index contributed by atoms with van der Waals surface area (Å²) < 4.78 is 5.45. The van der Waals surface area contributed by atoms with E-state index in [9.17, 15) is 0 Å². The molecule has 0 aliphatic heterocycles. The van der Waals surface area contributed by atoms with E-state index in [1.165, 1.54) is 44.9 Å². The van der Waals surface area contributed by atoms with Gasteiger partial charge in [0.05, 0.1) is 5.54 Å². The van der Waals surface area contributed by atoms with E-state index in [0.717, 1.165) is 30.5 Å². The van der Waals surface area contributed by atoms with Gasteiger partial charge in [0, 0.05) is 5.92 Å². The minimum absolute atomic E-state index is 0. The lowest BCUT2D eigenvalue weighted by molar-refractivity contribution is 0.228. The molecule has 1 unspecified atom stereocenters. The Bertz CT molecular complexity index is 425. The Morgan fingerprint density at radius 1 is 1.25 bits per heavy atom. The standard InChI is InChI=1S/C15H25N3O.ClH/c1-11(10-12-6-3-2-4-7-12)13-17-14(18-19-13)15(16)8-5-9-15;/h11-12H,2-10,16H2,1H3;1H. The van der Waals surface area contributed by atoms with Gasteiger partial charge in [-0.15, -0.1) is 12.4 Å². The van der Waals surface area contributed by atoms with E-state index in [-0.39, 0.29) is 17.9 Å². The summed E-state index contributed by atoms with van der Waals surface area (Å²) in [6, 6.07) is 0. The van der Waals surface area contributed by atoms with E-state index in [1.807, 2.05) is 0 Å². The highest BCUT2D eigenvalue weighted by Gasteiger charge is 2.39. The molecule has 20 heavy (non-hydrogen) atoms. The van der Waals surface area contributed by atoms with Crippen molar-refractivity contribution in [2.24, 2.45) is 11.7 Å². The monoisotopic (exact) mass is 299 g/mol. The number of nitrogens with zero attached hydrogens (tertiary/aromatic N) is 2. The van der Waals surface area contributed by atoms with E-state index >= 15 is 0 Å². The smallest absolute Gasteiger partial charge is 0.229 e. The topological polar surface area (TPSA) is 64.9 Å². The minimum atomic E-state index is -0.299. The number of aromatic nitrogens is 2. The van der Waals surface area contributed by atoms with Gasteiger partial charge in [-0.1, -0.05) is 44.2 Å². The molecule has 0 aromatic carbocycles. The molecule has 2 aliphatic rings. The van der Waals surface area contributed by atoms with E-state index < -0.39 is 0 Å². The third kappa shape index (κ3) is 3.17. The second-order valence-electron chi connectivity index (χ2n) is 6.61. The van der Waals surface area contributed by atoms with Crippen molar-refractivity contribution in [2.45, 2.75) is 76.2 Å². The van der Waals surface area contributed by atoms with E-state index in [2.05, 4.69) is 17.1 Å². The maximum absolute atomic E-state index is 6.24. The van der Waals surface area contributed by atoms with Crippen LogP contribution in [0.3, 0.4) is 0 Å². The molecule has 5 heteroatoms. The summed E-state index contributed by atoms with van der Waals surface area (Å²) in [5, 5.41) is 4.11. The molecule has 2 N–H and O–H groups in total. The Balaban J connectivity index is 0.00000147. The zero-order valence-corrected chi connectivity index (χ0v) is 13.1. The van der Waals surface area contributed by atoms with Crippen molar-refractivity contribution in [1.82, 2.24) is 10.1 Å². The van der Waals surface area contributed by atoms with Crippen molar-refractivity contribution in [1.29, 1.82) is 0 Å². The third-order valence-electron chi connectivity index (χ3n) is 4.97. The van der Waals surface area contributed by atoms with Crippen molar-refractivity contribution in [2.75, 3.05) is 0 Å². The first-order valence-corrected chi connectivity index (χ1v) is 7.80. The van der Waals surface area contributed by atoms with Crippen molar-refractivity contribution in [3.8, 4) is 0 Å². The van der Waals surface area contributed by atoms with Crippen molar-refractivity contribution >= 4 is 12.4 Å². The predicted octanol–water partition coefficient (Wildman–Crippen LogP) is 3.90. The number of rotatable bonds is 4. The fourth-order valence-electron chi connectivity index (χ4n) is 3.44. The fourth-order valence-corrected chi connectivity index (χ4v) is 3.44. The first kappa shape index (κ1) is 15.8. The van der Waals surface area contributed by atoms with Gasteiger partial charge in [0.15, 0.2) is 5.82 Å². The average Bonchev–Trinajstić information content (AvgIpc) is 2.87. The summed E-state index contributed by atoms with van der Waals surface area (Å²) >= 11 is 0. The molecule has 2 saturated carbocycles. The molecule has 1 aromatic rings. The molecule has 0 bridgehead atoms. The predicted molar refractivity (Wildman–Crippen MR) is 80.9 cm³/mol. The van der Waals surface area contributed by atoms with Gasteiger partial charge in [-0.3, -0.25) is 0 Å². The molecule has 0 saturated heterocycles. The minimum Gasteiger partial charge on any atom is -0.339 e. The van der Waals surface area contributed by atoms with Crippen molar-refractivity contribution in [3.63, 3.8) is 0 Å². The fraction of sp³-hybridized carbons (Fsp3) is 0.867. The average molecular weight is 300 g/mol. The number of hydrogen-bond acceptors (Lipinski definition) is 4. The molecule has 0 amide bonds. The lowest BCUT2D eigenvalue weighted by atomic mass is 9.77. The largest absolute Gasteiger partial charge is 0.339 e. The summed E-state index contributed by atoms with van der Waals surface area (Å²) in [7, 11) is 0. The maximum Gasteiger partial charge on any atom is 0.229 e. The Morgan fingerprint density at radius 2 is 1.95 bits per heavy atom. The molecule has 3 rings (SSSR count). The van der Waals surface area contributed by atoms with Crippen LogP contribution in [0.4, 0.5) is 0 Å².